The monoisotopic (exact) mass is 337 g/mol. The van der Waals surface area contributed by atoms with Crippen molar-refractivity contribution in [1.82, 2.24) is 4.72 Å². The van der Waals surface area contributed by atoms with Crippen LogP contribution in [0.3, 0.4) is 0 Å². The number of benzene rings is 2. The van der Waals surface area contributed by atoms with Gasteiger partial charge in [0.15, 0.2) is 0 Å². The Morgan fingerprint density at radius 1 is 1.00 bits per heavy atom. The van der Waals surface area contributed by atoms with Gasteiger partial charge in [-0.2, -0.15) is 0 Å². The van der Waals surface area contributed by atoms with Crippen molar-refractivity contribution in [2.45, 2.75) is 31.6 Å². The third-order valence-electron chi connectivity index (χ3n) is 3.36. The standard InChI is InChI=1S/C17H20ClNO2S/c1-14(7-8-15-5-3-2-4-6-15)19-22(20,21)13-16-9-11-17(18)12-10-16/h2-6,9-12,14,19H,7-8,13H2,1H3/t14-/m0/s1. The highest BCUT2D eigenvalue weighted by molar-refractivity contribution is 7.88. The lowest BCUT2D eigenvalue weighted by molar-refractivity contribution is 0.546. The van der Waals surface area contributed by atoms with Crippen LogP contribution in [0.2, 0.25) is 5.02 Å². The third-order valence-corrected chi connectivity index (χ3v) is 5.09. The summed E-state index contributed by atoms with van der Waals surface area (Å²) in [6, 6.07) is 16.8. The maximum absolute atomic E-state index is 12.2. The van der Waals surface area contributed by atoms with Crippen molar-refractivity contribution in [3.8, 4) is 0 Å². The van der Waals surface area contributed by atoms with E-state index in [1.807, 2.05) is 25.1 Å². The molecule has 118 valence electrons. The molecule has 0 radical (unpaired) electrons. The normalized spacial score (nSPS) is 13.0. The summed E-state index contributed by atoms with van der Waals surface area (Å²) in [6.07, 6.45) is 1.62. The van der Waals surface area contributed by atoms with Crippen LogP contribution >= 0.6 is 11.6 Å². The van der Waals surface area contributed by atoms with Gasteiger partial charge in [-0.1, -0.05) is 54.1 Å². The molecule has 3 nitrogen and oxygen atoms in total. The van der Waals surface area contributed by atoms with E-state index in [1.165, 1.54) is 5.56 Å². The molecule has 0 aromatic heterocycles. The molecule has 22 heavy (non-hydrogen) atoms. The molecule has 0 aliphatic rings. The van der Waals surface area contributed by atoms with Crippen LogP contribution in [0.4, 0.5) is 0 Å². The highest BCUT2D eigenvalue weighted by Crippen LogP contribution is 2.12. The first-order chi connectivity index (χ1) is 10.4. The molecule has 0 heterocycles. The molecule has 2 rings (SSSR count). The van der Waals surface area contributed by atoms with Gasteiger partial charge in [-0.05, 0) is 43.0 Å². The van der Waals surface area contributed by atoms with E-state index in [9.17, 15) is 8.42 Å². The Labute approximate surface area is 137 Å². The number of rotatable bonds is 7. The topological polar surface area (TPSA) is 46.2 Å². The largest absolute Gasteiger partial charge is 0.216 e. The molecule has 0 saturated carbocycles. The first kappa shape index (κ1) is 17.0. The summed E-state index contributed by atoms with van der Waals surface area (Å²) < 4.78 is 27.1. The number of nitrogens with one attached hydrogen (secondary N) is 1. The highest BCUT2D eigenvalue weighted by Gasteiger charge is 2.15. The van der Waals surface area contributed by atoms with E-state index >= 15 is 0 Å². The van der Waals surface area contributed by atoms with Crippen LogP contribution in [0.25, 0.3) is 0 Å². The summed E-state index contributed by atoms with van der Waals surface area (Å²) in [5.74, 6) is -0.0279. The van der Waals surface area contributed by atoms with Gasteiger partial charge < -0.3 is 0 Å². The van der Waals surface area contributed by atoms with E-state index < -0.39 is 10.0 Å². The van der Waals surface area contributed by atoms with Crippen LogP contribution in [0.15, 0.2) is 54.6 Å². The van der Waals surface area contributed by atoms with Crippen LogP contribution in [0.1, 0.15) is 24.5 Å². The van der Waals surface area contributed by atoms with Crippen molar-refractivity contribution in [3.05, 3.63) is 70.7 Å². The van der Waals surface area contributed by atoms with E-state index in [0.717, 1.165) is 18.4 Å². The fourth-order valence-corrected chi connectivity index (χ4v) is 3.81. The molecule has 5 heteroatoms. The number of halogens is 1. The lowest BCUT2D eigenvalue weighted by Gasteiger charge is -2.14. The molecule has 0 aliphatic heterocycles. The molecule has 1 atom stereocenters. The Kier molecular flexibility index (Phi) is 6.00. The Bertz CT molecular complexity index is 684. The summed E-state index contributed by atoms with van der Waals surface area (Å²) in [5, 5.41) is 0.602. The van der Waals surface area contributed by atoms with Gasteiger partial charge in [0.05, 0.1) is 5.75 Å². The van der Waals surface area contributed by atoms with Gasteiger partial charge in [0.25, 0.3) is 0 Å². The Balaban J connectivity index is 1.86. The third kappa shape index (κ3) is 5.79. The maximum Gasteiger partial charge on any atom is 0.216 e. The Morgan fingerprint density at radius 2 is 1.64 bits per heavy atom. The Hall–Kier alpha value is -1.36. The van der Waals surface area contributed by atoms with Crippen molar-refractivity contribution in [1.29, 1.82) is 0 Å². The van der Waals surface area contributed by atoms with Crippen molar-refractivity contribution < 1.29 is 8.42 Å². The van der Waals surface area contributed by atoms with Crippen LogP contribution in [-0.4, -0.2) is 14.5 Å². The molecule has 0 spiro atoms. The van der Waals surface area contributed by atoms with Gasteiger partial charge >= 0.3 is 0 Å². The average Bonchev–Trinajstić information content (AvgIpc) is 2.48. The molecule has 0 bridgehead atoms. The molecule has 2 aromatic rings. The van der Waals surface area contributed by atoms with Crippen LogP contribution in [0, 0.1) is 0 Å². The minimum atomic E-state index is -3.34. The fourth-order valence-electron chi connectivity index (χ4n) is 2.24. The predicted molar refractivity (Wildman–Crippen MR) is 91.4 cm³/mol. The summed E-state index contributed by atoms with van der Waals surface area (Å²) in [5.41, 5.74) is 1.94. The second-order valence-corrected chi connectivity index (χ2v) is 7.62. The minimum absolute atomic E-state index is 0.0279. The van der Waals surface area contributed by atoms with E-state index in [-0.39, 0.29) is 11.8 Å². The van der Waals surface area contributed by atoms with Gasteiger partial charge in [-0.3, -0.25) is 0 Å². The molecule has 0 fully saturated rings. The van der Waals surface area contributed by atoms with Crippen LogP contribution in [0.5, 0.6) is 0 Å². The average molecular weight is 338 g/mol. The van der Waals surface area contributed by atoms with Crippen molar-refractivity contribution in [2.24, 2.45) is 0 Å². The van der Waals surface area contributed by atoms with E-state index in [2.05, 4.69) is 16.9 Å². The van der Waals surface area contributed by atoms with Gasteiger partial charge in [0.1, 0.15) is 0 Å². The molecule has 1 N–H and O–H groups in total. The van der Waals surface area contributed by atoms with Crippen molar-refractivity contribution in [2.75, 3.05) is 0 Å². The van der Waals surface area contributed by atoms with Gasteiger partial charge in [-0.15, -0.1) is 0 Å². The minimum Gasteiger partial charge on any atom is -0.212 e. The summed E-state index contributed by atoms with van der Waals surface area (Å²) in [7, 11) is -3.34. The Morgan fingerprint density at radius 3 is 2.27 bits per heavy atom. The lowest BCUT2D eigenvalue weighted by Crippen LogP contribution is -2.33. The molecule has 0 saturated heterocycles. The molecular weight excluding hydrogens is 318 g/mol. The van der Waals surface area contributed by atoms with E-state index in [0.29, 0.717) is 5.02 Å². The molecule has 0 unspecified atom stereocenters. The number of hydrogen-bond acceptors (Lipinski definition) is 2. The number of sulfonamides is 1. The molecule has 2 aromatic carbocycles. The number of aryl methyl sites for hydroxylation is 1. The summed E-state index contributed by atoms with van der Waals surface area (Å²) in [6.45, 7) is 1.89. The highest BCUT2D eigenvalue weighted by atomic mass is 35.5. The van der Waals surface area contributed by atoms with E-state index in [4.69, 9.17) is 11.6 Å². The van der Waals surface area contributed by atoms with Crippen molar-refractivity contribution >= 4 is 21.6 Å². The van der Waals surface area contributed by atoms with Crippen molar-refractivity contribution in [3.63, 3.8) is 0 Å². The van der Waals surface area contributed by atoms with Crippen LogP contribution in [-0.2, 0) is 22.2 Å². The van der Waals surface area contributed by atoms with Gasteiger partial charge in [0, 0.05) is 11.1 Å². The zero-order chi connectivity index (χ0) is 16.0. The fraction of sp³-hybridized carbons (Fsp3) is 0.294. The molecule has 0 amide bonds. The second-order valence-electron chi connectivity index (χ2n) is 5.43. The molecule has 0 aliphatic carbocycles. The SMILES string of the molecule is C[C@@H](CCc1ccccc1)NS(=O)(=O)Cc1ccc(Cl)cc1. The zero-order valence-corrected chi connectivity index (χ0v) is 14.1. The maximum atomic E-state index is 12.2. The van der Waals surface area contributed by atoms with Crippen LogP contribution < -0.4 is 4.72 Å². The molecular formula is C17H20ClNO2S. The zero-order valence-electron chi connectivity index (χ0n) is 12.5. The quantitative estimate of drug-likeness (QED) is 0.835. The summed E-state index contributed by atoms with van der Waals surface area (Å²) >= 11 is 5.80. The second kappa shape index (κ2) is 7.77. The summed E-state index contributed by atoms with van der Waals surface area (Å²) in [4.78, 5) is 0. The smallest absolute Gasteiger partial charge is 0.212 e. The van der Waals surface area contributed by atoms with E-state index in [1.54, 1.807) is 24.3 Å². The van der Waals surface area contributed by atoms with Gasteiger partial charge in [-0.25, -0.2) is 13.1 Å². The van der Waals surface area contributed by atoms with Gasteiger partial charge in [0.2, 0.25) is 10.0 Å². The lowest BCUT2D eigenvalue weighted by atomic mass is 10.1. The first-order valence-corrected chi connectivity index (χ1v) is 9.26. The predicted octanol–water partition coefficient (Wildman–Crippen LogP) is 3.78. The first-order valence-electron chi connectivity index (χ1n) is 7.23. The number of hydrogen-bond donors (Lipinski definition) is 1.